The summed E-state index contributed by atoms with van der Waals surface area (Å²) in [5, 5.41) is 9.22. The van der Waals surface area contributed by atoms with Crippen molar-refractivity contribution >= 4 is 17.5 Å². The maximum Gasteiger partial charge on any atom is 0.407 e. The Kier molecular flexibility index (Phi) is 5.39. The second-order valence-corrected chi connectivity index (χ2v) is 10.3. The van der Waals surface area contributed by atoms with Crippen LogP contribution in [0.5, 0.6) is 0 Å². The Bertz CT molecular complexity index is 718. The zero-order chi connectivity index (χ0) is 20.0. The number of halogens is 2. The smallest absolute Gasteiger partial charge is 0.407 e. The monoisotopic (exact) mass is 401 g/mol. The number of carbonyl (C=O) groups is 1. The number of nitrogens with one attached hydrogen (secondary N) is 1. The summed E-state index contributed by atoms with van der Waals surface area (Å²) in [6.45, 7) is 6.33. The Labute approximate surface area is 160 Å². The number of alkyl halides is 2. The lowest BCUT2D eigenvalue weighted by Crippen LogP contribution is -2.50. The highest BCUT2D eigenvalue weighted by Crippen LogP contribution is 2.52. The highest BCUT2D eigenvalue weighted by atomic mass is 32.2. The van der Waals surface area contributed by atoms with Crippen molar-refractivity contribution in [2.75, 3.05) is 13.1 Å². The summed E-state index contributed by atoms with van der Waals surface area (Å²) >= 11 is -1.35. The summed E-state index contributed by atoms with van der Waals surface area (Å²) < 4.78 is 41.6. The minimum atomic E-state index is -2.64. The zero-order valence-electron chi connectivity index (χ0n) is 15.7. The number of piperidine rings is 1. The van der Waals surface area contributed by atoms with Crippen LogP contribution in [0.25, 0.3) is 0 Å². The van der Waals surface area contributed by atoms with E-state index >= 15 is 0 Å². The standard InChI is InChI=1S/C18H25F2N3O3S/c1-17(2,3)27(26)22-14-11-4-5-12(15(19)20)21-13(11)10-18(14)6-8-23(9-7-18)16(24)25/h4-5,14-15,22H,6-10H2,1-3H3,(H,24,25)/t14-,27-/m1/s1. The molecule has 0 unspecified atom stereocenters. The molecule has 1 aliphatic heterocycles. The van der Waals surface area contributed by atoms with Crippen molar-refractivity contribution in [3.05, 3.63) is 29.1 Å². The molecule has 9 heteroatoms. The first-order chi connectivity index (χ1) is 12.5. The highest BCUT2D eigenvalue weighted by Gasteiger charge is 2.51. The molecule has 1 amide bonds. The van der Waals surface area contributed by atoms with Crippen molar-refractivity contribution in [2.24, 2.45) is 5.41 Å². The number of amides is 1. The van der Waals surface area contributed by atoms with Gasteiger partial charge in [0.2, 0.25) is 0 Å². The molecule has 3 rings (SSSR count). The van der Waals surface area contributed by atoms with Crippen LogP contribution in [-0.4, -0.2) is 43.5 Å². The normalized spacial score (nSPS) is 22.9. The molecule has 6 nitrogen and oxygen atoms in total. The average molecular weight is 401 g/mol. The molecule has 1 fully saturated rings. The maximum atomic E-state index is 13.1. The van der Waals surface area contributed by atoms with Gasteiger partial charge < -0.3 is 14.6 Å². The number of likely N-dealkylation sites (tertiary alicyclic amines) is 1. The van der Waals surface area contributed by atoms with E-state index in [1.807, 2.05) is 20.8 Å². The van der Waals surface area contributed by atoms with Gasteiger partial charge in [0.05, 0.1) is 6.04 Å². The van der Waals surface area contributed by atoms with Crippen LogP contribution in [-0.2, 0) is 17.8 Å². The van der Waals surface area contributed by atoms with Crippen molar-refractivity contribution in [1.29, 1.82) is 0 Å². The van der Waals surface area contributed by atoms with E-state index in [0.29, 0.717) is 38.0 Å². The van der Waals surface area contributed by atoms with Gasteiger partial charge in [-0.05, 0) is 51.7 Å². The molecule has 2 atom stereocenters. The fourth-order valence-electron chi connectivity index (χ4n) is 3.90. The summed E-state index contributed by atoms with van der Waals surface area (Å²) in [7, 11) is 0. The number of carboxylic acid groups (broad SMARTS) is 1. The summed E-state index contributed by atoms with van der Waals surface area (Å²) in [4.78, 5) is 16.8. The number of rotatable bonds is 3. The van der Waals surface area contributed by atoms with Crippen molar-refractivity contribution in [1.82, 2.24) is 14.6 Å². The molecule has 1 aromatic heterocycles. The minimum Gasteiger partial charge on any atom is -0.598 e. The van der Waals surface area contributed by atoms with Gasteiger partial charge >= 0.3 is 6.09 Å². The van der Waals surface area contributed by atoms with Crippen LogP contribution in [0.3, 0.4) is 0 Å². The predicted octanol–water partition coefficient (Wildman–Crippen LogP) is 3.43. The molecule has 2 N–H and O–H groups in total. The summed E-state index contributed by atoms with van der Waals surface area (Å²) in [6, 6.07) is 2.67. The van der Waals surface area contributed by atoms with E-state index in [0.717, 1.165) is 5.56 Å². The third kappa shape index (κ3) is 3.90. The molecule has 27 heavy (non-hydrogen) atoms. The van der Waals surface area contributed by atoms with Crippen LogP contribution in [0.2, 0.25) is 0 Å². The van der Waals surface area contributed by atoms with Gasteiger partial charge in [0.1, 0.15) is 10.4 Å². The third-order valence-corrected chi connectivity index (χ3v) is 7.07. The van der Waals surface area contributed by atoms with Crippen LogP contribution in [0.15, 0.2) is 12.1 Å². The molecule has 150 valence electrons. The molecule has 2 heterocycles. The molecule has 0 saturated carbocycles. The Hall–Kier alpha value is -1.45. The lowest BCUT2D eigenvalue weighted by atomic mass is 9.73. The van der Waals surface area contributed by atoms with E-state index in [9.17, 15) is 23.2 Å². The van der Waals surface area contributed by atoms with Crippen molar-refractivity contribution < 1.29 is 23.2 Å². The first-order valence-corrected chi connectivity index (χ1v) is 10.1. The number of pyridine rings is 1. The van der Waals surface area contributed by atoms with Gasteiger partial charge in [0.25, 0.3) is 6.43 Å². The molecule has 1 aliphatic carbocycles. The van der Waals surface area contributed by atoms with Gasteiger partial charge in [-0.15, -0.1) is 4.72 Å². The van der Waals surface area contributed by atoms with E-state index in [2.05, 4.69) is 9.71 Å². The summed E-state index contributed by atoms with van der Waals surface area (Å²) in [6.07, 6.45) is -1.98. The largest absolute Gasteiger partial charge is 0.598 e. The second kappa shape index (κ2) is 7.18. The Morgan fingerprint density at radius 2 is 2.04 bits per heavy atom. The summed E-state index contributed by atoms with van der Waals surface area (Å²) in [5.41, 5.74) is 0.758. The average Bonchev–Trinajstić information content (AvgIpc) is 2.86. The lowest BCUT2D eigenvalue weighted by Gasteiger charge is -2.42. The molecule has 0 radical (unpaired) electrons. The molecule has 1 saturated heterocycles. The van der Waals surface area contributed by atoms with Crippen molar-refractivity contribution in [2.45, 2.75) is 57.2 Å². The molecular weight excluding hydrogens is 376 g/mol. The fourth-order valence-corrected chi connectivity index (χ4v) is 4.85. The number of hydrogen-bond acceptors (Lipinski definition) is 4. The van der Waals surface area contributed by atoms with E-state index in [1.165, 1.54) is 11.0 Å². The van der Waals surface area contributed by atoms with Crippen LogP contribution >= 0.6 is 0 Å². The number of fused-ring (bicyclic) bond motifs is 1. The Morgan fingerprint density at radius 3 is 2.56 bits per heavy atom. The Morgan fingerprint density at radius 1 is 1.41 bits per heavy atom. The van der Waals surface area contributed by atoms with Crippen molar-refractivity contribution in [3.8, 4) is 0 Å². The minimum absolute atomic E-state index is 0.260. The molecule has 1 spiro atoms. The Balaban J connectivity index is 1.93. The molecule has 2 aliphatic rings. The van der Waals surface area contributed by atoms with Crippen LogP contribution in [0.1, 0.15) is 63.0 Å². The lowest BCUT2D eigenvalue weighted by molar-refractivity contribution is 0.0761. The predicted molar refractivity (Wildman–Crippen MR) is 97.9 cm³/mol. The number of hydrogen-bond donors (Lipinski definition) is 2. The van der Waals surface area contributed by atoms with E-state index in [-0.39, 0.29) is 17.2 Å². The van der Waals surface area contributed by atoms with Crippen LogP contribution in [0, 0.1) is 5.41 Å². The molecular formula is C18H25F2N3O3S. The van der Waals surface area contributed by atoms with E-state index < -0.39 is 28.6 Å². The fraction of sp³-hybridized carbons (Fsp3) is 0.667. The van der Waals surface area contributed by atoms with Gasteiger partial charge in [0, 0.05) is 35.6 Å². The first kappa shape index (κ1) is 20.3. The molecule has 0 aromatic carbocycles. The van der Waals surface area contributed by atoms with E-state index in [4.69, 9.17) is 0 Å². The number of aromatic nitrogens is 1. The number of nitrogens with zero attached hydrogens (tertiary/aromatic N) is 2. The van der Waals surface area contributed by atoms with Gasteiger partial charge in [-0.2, -0.15) is 0 Å². The SMILES string of the molecule is CC(C)(C)[S@@+]([O-])N[C@@H]1c2ccc(C(F)F)nc2CC12CCN(C(=O)O)CC2. The van der Waals surface area contributed by atoms with Gasteiger partial charge in [-0.25, -0.2) is 13.6 Å². The molecule has 0 bridgehead atoms. The summed E-state index contributed by atoms with van der Waals surface area (Å²) in [5.74, 6) is 0. The zero-order valence-corrected chi connectivity index (χ0v) is 16.5. The first-order valence-electron chi connectivity index (χ1n) is 8.97. The quantitative estimate of drug-likeness (QED) is 0.758. The third-order valence-electron chi connectivity index (χ3n) is 5.51. The van der Waals surface area contributed by atoms with Gasteiger partial charge in [-0.1, -0.05) is 6.07 Å². The highest BCUT2D eigenvalue weighted by molar-refractivity contribution is 7.90. The van der Waals surface area contributed by atoms with Gasteiger partial charge in [0.15, 0.2) is 0 Å². The van der Waals surface area contributed by atoms with Gasteiger partial charge in [-0.3, -0.25) is 4.98 Å². The van der Waals surface area contributed by atoms with Crippen LogP contribution < -0.4 is 4.72 Å². The second-order valence-electron chi connectivity index (χ2n) is 8.31. The van der Waals surface area contributed by atoms with Crippen LogP contribution in [0.4, 0.5) is 13.6 Å². The topological polar surface area (TPSA) is 88.5 Å². The molecule has 1 aromatic rings. The van der Waals surface area contributed by atoms with E-state index in [1.54, 1.807) is 6.07 Å². The van der Waals surface area contributed by atoms with Crippen molar-refractivity contribution in [3.63, 3.8) is 0 Å². The maximum absolute atomic E-state index is 13.1.